The van der Waals surface area contributed by atoms with Crippen LogP contribution in [0.1, 0.15) is 22.8 Å². The van der Waals surface area contributed by atoms with Crippen LogP contribution in [-0.4, -0.2) is 39.2 Å². The van der Waals surface area contributed by atoms with Gasteiger partial charge in [-0.2, -0.15) is 0 Å². The molecule has 1 rings (SSSR count). The maximum absolute atomic E-state index is 11.7. The van der Waals surface area contributed by atoms with Gasteiger partial charge in [0.05, 0.1) is 0 Å². The number of nitrogens with zero attached hydrogens (tertiary/aromatic N) is 1. The van der Waals surface area contributed by atoms with Gasteiger partial charge in [-0.3, -0.25) is 9.00 Å². The molecule has 1 unspecified atom stereocenters. The number of hydrogen-bond donors (Lipinski definition) is 3. The van der Waals surface area contributed by atoms with E-state index in [1.54, 1.807) is 24.3 Å². The van der Waals surface area contributed by atoms with Crippen LogP contribution in [0, 0.1) is 0 Å². The summed E-state index contributed by atoms with van der Waals surface area (Å²) in [5.74, 6) is 0.791. The Morgan fingerprint density at radius 3 is 2.47 bits per heavy atom. The molecule has 0 saturated carbocycles. The van der Waals surface area contributed by atoms with Crippen LogP contribution in [0.3, 0.4) is 0 Å². The fourth-order valence-corrected chi connectivity index (χ4v) is 1.99. The molecule has 4 N–H and O–H groups in total. The lowest BCUT2D eigenvalue weighted by atomic mass is 10.1. The minimum absolute atomic E-state index is 0.00898. The van der Waals surface area contributed by atoms with Crippen molar-refractivity contribution in [3.05, 3.63) is 35.4 Å². The highest BCUT2D eigenvalue weighted by Crippen LogP contribution is 2.04. The molecule has 0 radical (unpaired) electrons. The third kappa shape index (κ3) is 4.70. The van der Waals surface area contributed by atoms with Gasteiger partial charge >= 0.3 is 0 Å². The number of rotatable bonds is 6. The molecule has 0 aliphatic heterocycles. The van der Waals surface area contributed by atoms with Gasteiger partial charge in [0.25, 0.3) is 5.91 Å². The van der Waals surface area contributed by atoms with Crippen molar-refractivity contribution in [2.45, 2.75) is 6.92 Å². The first-order valence-corrected chi connectivity index (χ1v) is 7.28. The number of benzene rings is 1. The zero-order chi connectivity index (χ0) is 14.3. The zero-order valence-corrected chi connectivity index (χ0v) is 11.4. The van der Waals surface area contributed by atoms with Crippen LogP contribution in [0.15, 0.2) is 29.4 Å². The molecule has 1 aromatic rings. The largest absolute Gasteiger partial charge is 0.409 e. The summed E-state index contributed by atoms with van der Waals surface area (Å²) >= 11 is 0. The van der Waals surface area contributed by atoms with Crippen molar-refractivity contribution in [2.75, 3.05) is 18.1 Å². The molecule has 19 heavy (non-hydrogen) atoms. The number of amidine groups is 1. The Hall–Kier alpha value is -1.89. The van der Waals surface area contributed by atoms with E-state index >= 15 is 0 Å². The SMILES string of the molecule is CCS(=O)CCNC(=O)c1ccc(/C(N)=N/O)cc1. The lowest BCUT2D eigenvalue weighted by Gasteiger charge is -2.05. The minimum Gasteiger partial charge on any atom is -0.409 e. The quantitative estimate of drug-likeness (QED) is 0.302. The van der Waals surface area contributed by atoms with Crippen molar-refractivity contribution in [1.82, 2.24) is 5.32 Å². The number of nitrogens with two attached hydrogens (primary N) is 1. The molecule has 1 atom stereocenters. The van der Waals surface area contributed by atoms with Crippen LogP contribution in [0.5, 0.6) is 0 Å². The highest BCUT2D eigenvalue weighted by Gasteiger charge is 2.06. The number of carbonyl (C=O) groups is 1. The van der Waals surface area contributed by atoms with Gasteiger partial charge in [-0.25, -0.2) is 0 Å². The number of oxime groups is 1. The number of nitrogens with one attached hydrogen (secondary N) is 1. The van der Waals surface area contributed by atoms with E-state index < -0.39 is 10.8 Å². The van der Waals surface area contributed by atoms with E-state index in [2.05, 4.69) is 10.5 Å². The Balaban J connectivity index is 2.56. The molecule has 0 saturated heterocycles. The highest BCUT2D eigenvalue weighted by atomic mass is 32.2. The first-order valence-electron chi connectivity index (χ1n) is 5.79. The summed E-state index contributed by atoms with van der Waals surface area (Å²) in [6, 6.07) is 6.35. The molecule has 1 aromatic carbocycles. The molecule has 104 valence electrons. The maximum Gasteiger partial charge on any atom is 0.251 e. The molecular formula is C12H17N3O3S. The molecule has 6 nitrogen and oxygen atoms in total. The first-order chi connectivity index (χ1) is 9.08. The van der Waals surface area contributed by atoms with Crippen LogP contribution in [0.2, 0.25) is 0 Å². The Bertz CT molecular complexity index is 485. The number of hydrogen-bond acceptors (Lipinski definition) is 4. The van der Waals surface area contributed by atoms with Gasteiger partial charge in [0.15, 0.2) is 5.84 Å². The Labute approximate surface area is 114 Å². The summed E-state index contributed by atoms with van der Waals surface area (Å²) in [5, 5.41) is 14.1. The normalized spacial score (nSPS) is 13.0. The van der Waals surface area contributed by atoms with Gasteiger partial charge in [0.2, 0.25) is 0 Å². The minimum atomic E-state index is -0.886. The van der Waals surface area contributed by atoms with E-state index in [0.717, 1.165) is 0 Å². The fourth-order valence-electron chi connectivity index (χ4n) is 1.37. The van der Waals surface area contributed by atoms with Crippen molar-refractivity contribution in [3.8, 4) is 0 Å². The van der Waals surface area contributed by atoms with Crippen molar-refractivity contribution in [3.63, 3.8) is 0 Å². The number of amides is 1. The molecule has 0 aromatic heterocycles. The van der Waals surface area contributed by atoms with Crippen LogP contribution >= 0.6 is 0 Å². The zero-order valence-electron chi connectivity index (χ0n) is 10.6. The molecule has 1 amide bonds. The smallest absolute Gasteiger partial charge is 0.251 e. The molecule has 7 heteroatoms. The van der Waals surface area contributed by atoms with Crippen molar-refractivity contribution >= 4 is 22.5 Å². The Morgan fingerprint density at radius 2 is 1.95 bits per heavy atom. The summed E-state index contributed by atoms with van der Waals surface area (Å²) in [7, 11) is -0.886. The van der Waals surface area contributed by atoms with Crippen molar-refractivity contribution in [1.29, 1.82) is 0 Å². The molecular weight excluding hydrogens is 266 g/mol. The van der Waals surface area contributed by atoms with Gasteiger partial charge in [-0.15, -0.1) is 0 Å². The molecule has 0 fully saturated rings. The second kappa shape index (κ2) is 7.52. The van der Waals surface area contributed by atoms with E-state index in [1.165, 1.54) is 0 Å². The first kappa shape index (κ1) is 15.2. The maximum atomic E-state index is 11.7. The summed E-state index contributed by atoms with van der Waals surface area (Å²) in [6.07, 6.45) is 0. The van der Waals surface area contributed by atoms with Crippen LogP contribution < -0.4 is 11.1 Å². The molecule has 0 bridgehead atoms. The van der Waals surface area contributed by atoms with Gasteiger partial charge in [-0.05, 0) is 12.1 Å². The standard InChI is InChI=1S/C12H17N3O3S/c1-2-19(18)8-7-14-12(16)10-5-3-9(4-6-10)11(13)15-17/h3-6,17H,2,7-8H2,1H3,(H2,13,15)(H,14,16). The summed E-state index contributed by atoms with van der Waals surface area (Å²) < 4.78 is 11.2. The third-order valence-corrected chi connectivity index (χ3v) is 3.79. The van der Waals surface area contributed by atoms with E-state index in [1.807, 2.05) is 6.92 Å². The van der Waals surface area contributed by atoms with Crippen LogP contribution in [0.25, 0.3) is 0 Å². The van der Waals surface area contributed by atoms with E-state index in [0.29, 0.717) is 29.2 Å². The topological polar surface area (TPSA) is 105 Å². The summed E-state index contributed by atoms with van der Waals surface area (Å²) in [5.41, 5.74) is 6.42. The molecule has 0 aliphatic carbocycles. The van der Waals surface area contributed by atoms with E-state index in [9.17, 15) is 9.00 Å². The van der Waals surface area contributed by atoms with E-state index in [4.69, 9.17) is 10.9 Å². The fraction of sp³-hybridized carbons (Fsp3) is 0.333. The molecule has 0 aliphatic rings. The number of carbonyl (C=O) groups excluding carboxylic acids is 1. The van der Waals surface area contributed by atoms with Gasteiger partial charge in [-0.1, -0.05) is 24.2 Å². The second-order valence-corrected chi connectivity index (χ2v) is 5.62. The average molecular weight is 283 g/mol. The summed E-state index contributed by atoms with van der Waals surface area (Å²) in [4.78, 5) is 11.7. The lowest BCUT2D eigenvalue weighted by Crippen LogP contribution is -2.28. The predicted octanol–water partition coefficient (Wildman–Crippen LogP) is 0.280. The highest BCUT2D eigenvalue weighted by molar-refractivity contribution is 7.84. The third-order valence-electron chi connectivity index (χ3n) is 2.49. The van der Waals surface area contributed by atoms with Gasteiger partial charge in [0.1, 0.15) is 0 Å². The average Bonchev–Trinajstić information content (AvgIpc) is 2.46. The Morgan fingerprint density at radius 1 is 1.37 bits per heavy atom. The summed E-state index contributed by atoms with van der Waals surface area (Å²) in [6.45, 7) is 2.21. The van der Waals surface area contributed by atoms with Crippen molar-refractivity contribution < 1.29 is 14.2 Å². The Kier molecular flexibility index (Phi) is 6.01. The lowest BCUT2D eigenvalue weighted by molar-refractivity contribution is 0.0956. The van der Waals surface area contributed by atoms with Gasteiger partial charge < -0.3 is 16.3 Å². The van der Waals surface area contributed by atoms with Crippen LogP contribution in [-0.2, 0) is 10.8 Å². The second-order valence-electron chi connectivity index (χ2n) is 3.75. The van der Waals surface area contributed by atoms with Gasteiger partial charge in [0, 0.05) is 40.0 Å². The predicted molar refractivity (Wildman–Crippen MR) is 74.8 cm³/mol. The van der Waals surface area contributed by atoms with Crippen molar-refractivity contribution in [2.24, 2.45) is 10.9 Å². The monoisotopic (exact) mass is 283 g/mol. The molecule has 0 spiro atoms. The van der Waals surface area contributed by atoms with Crippen LogP contribution in [0.4, 0.5) is 0 Å². The molecule has 0 heterocycles. The van der Waals surface area contributed by atoms with E-state index in [-0.39, 0.29) is 11.7 Å².